The first kappa shape index (κ1) is 15.9. The summed E-state index contributed by atoms with van der Waals surface area (Å²) in [4.78, 5) is 11.8. The van der Waals surface area contributed by atoms with Gasteiger partial charge in [0.25, 0.3) is 0 Å². The molecule has 2 rings (SSSR count). The van der Waals surface area contributed by atoms with Crippen LogP contribution in [0.15, 0.2) is 27.4 Å². The molecule has 0 aliphatic carbocycles. The van der Waals surface area contributed by atoms with Gasteiger partial charge in [0.1, 0.15) is 12.2 Å². The quantitative estimate of drug-likeness (QED) is 0.602. The molecule has 5 nitrogen and oxygen atoms in total. The molecule has 9 heteroatoms. The molecule has 0 bridgehead atoms. The Morgan fingerprint density at radius 2 is 2.10 bits per heavy atom. The molecule has 0 N–H and O–H groups in total. The first-order valence-electron chi connectivity index (χ1n) is 5.31. The second-order valence-corrected chi connectivity index (χ2v) is 10.1. The molecule has 21 heavy (non-hydrogen) atoms. The summed E-state index contributed by atoms with van der Waals surface area (Å²) in [5.74, 6) is -0.434. The van der Waals surface area contributed by atoms with Crippen molar-refractivity contribution in [2.45, 2.75) is 5.88 Å². The third kappa shape index (κ3) is 3.58. The first-order chi connectivity index (χ1) is 9.99. The molecule has 1 aromatic carbocycles. The van der Waals surface area contributed by atoms with Crippen molar-refractivity contribution in [2.24, 2.45) is 0 Å². The molecule has 0 aliphatic rings. The Balaban J connectivity index is 2.31. The van der Waals surface area contributed by atoms with Crippen molar-refractivity contribution in [3.05, 3.63) is 33.8 Å². The fourth-order valence-corrected chi connectivity index (χ4v) is 4.58. The molecule has 0 atom stereocenters. The predicted molar refractivity (Wildman–Crippen MR) is 87.2 cm³/mol. The van der Waals surface area contributed by atoms with Crippen LogP contribution in [0, 0.1) is 25.1 Å². The van der Waals surface area contributed by atoms with E-state index in [4.69, 9.17) is 49.7 Å². The third-order valence-corrected chi connectivity index (χ3v) is 7.03. The van der Waals surface area contributed by atoms with Crippen molar-refractivity contribution in [2.75, 3.05) is 0 Å². The highest BCUT2D eigenvalue weighted by molar-refractivity contribution is 8.67. The predicted octanol–water partition coefficient (Wildman–Crippen LogP) is 3.38. The van der Waals surface area contributed by atoms with Crippen LogP contribution in [0.25, 0.3) is 11.1 Å². The van der Waals surface area contributed by atoms with Gasteiger partial charge in [0, 0.05) is 22.9 Å². The van der Waals surface area contributed by atoms with E-state index in [-0.39, 0.29) is 5.88 Å². The minimum atomic E-state index is -2.92. The van der Waals surface area contributed by atoms with Crippen molar-refractivity contribution in [1.29, 1.82) is 0 Å². The summed E-state index contributed by atoms with van der Waals surface area (Å²) >= 11 is 12.0. The largest absolute Gasteiger partial charge is 0.420 e. The number of rotatable bonds is 5. The SMILES string of the molecule is C#COP(=S)(OC#C)SCn1c(=O)oc2cc(Cl)ccc21. The van der Waals surface area contributed by atoms with Crippen LogP contribution in [0.5, 0.6) is 0 Å². The highest BCUT2D eigenvalue weighted by atomic mass is 35.5. The summed E-state index contributed by atoms with van der Waals surface area (Å²) in [6.07, 6.45) is 14.0. The van der Waals surface area contributed by atoms with Gasteiger partial charge in [-0.1, -0.05) is 24.4 Å². The number of hydrogen-bond donors (Lipinski definition) is 0. The maximum atomic E-state index is 11.8. The number of aromatic nitrogens is 1. The van der Waals surface area contributed by atoms with Gasteiger partial charge in [0.15, 0.2) is 5.58 Å². The number of halogens is 1. The normalized spacial score (nSPS) is 10.8. The van der Waals surface area contributed by atoms with Gasteiger partial charge in [-0.2, -0.15) is 0 Å². The average Bonchev–Trinajstić information content (AvgIpc) is 2.71. The summed E-state index contributed by atoms with van der Waals surface area (Å²) < 4.78 is 16.3. The number of fused-ring (bicyclic) bond motifs is 1. The molecule has 0 unspecified atom stereocenters. The van der Waals surface area contributed by atoms with E-state index < -0.39 is 11.4 Å². The number of nitrogens with zero attached hydrogens (tertiary/aromatic N) is 1. The topological polar surface area (TPSA) is 53.6 Å². The lowest BCUT2D eigenvalue weighted by Crippen LogP contribution is -2.12. The van der Waals surface area contributed by atoms with E-state index in [1.807, 2.05) is 12.2 Å². The Morgan fingerprint density at radius 3 is 2.71 bits per heavy atom. The van der Waals surface area contributed by atoms with E-state index in [2.05, 4.69) is 0 Å². The minimum Gasteiger partial charge on any atom is -0.408 e. The molecule has 0 fully saturated rings. The molecular formula is C12H7ClNO4PS2. The zero-order valence-corrected chi connectivity index (χ0v) is 13.6. The van der Waals surface area contributed by atoms with Gasteiger partial charge in [-0.3, -0.25) is 4.57 Å². The van der Waals surface area contributed by atoms with Crippen molar-refractivity contribution < 1.29 is 13.5 Å². The smallest absolute Gasteiger partial charge is 0.408 e. The van der Waals surface area contributed by atoms with Crippen LogP contribution in [0.2, 0.25) is 5.02 Å². The van der Waals surface area contributed by atoms with Crippen LogP contribution in [0.1, 0.15) is 0 Å². The lowest BCUT2D eigenvalue weighted by molar-refractivity contribution is 0.464. The summed E-state index contributed by atoms with van der Waals surface area (Å²) in [7, 11) is 0. The average molecular weight is 360 g/mol. The molecule has 0 amide bonds. The Labute approximate surface area is 134 Å². The molecule has 1 heterocycles. The van der Waals surface area contributed by atoms with E-state index in [1.54, 1.807) is 18.2 Å². The molecule has 0 radical (unpaired) electrons. The zero-order chi connectivity index (χ0) is 15.5. The standard InChI is InChI=1S/C12H7ClNO4PS2/c1-3-16-19(20,17-4-2)21-8-14-10-6-5-9(13)7-11(10)18-12(14)15/h1-2,5-7H,8H2. The van der Waals surface area contributed by atoms with Gasteiger partial charge in [0.2, 0.25) is 0 Å². The molecule has 0 aliphatic heterocycles. The number of oxazole rings is 1. The number of hydrogen-bond acceptors (Lipinski definition) is 6. The van der Waals surface area contributed by atoms with E-state index in [0.717, 1.165) is 11.4 Å². The molecule has 108 valence electrons. The maximum absolute atomic E-state index is 11.8. The second kappa shape index (κ2) is 6.51. The number of terminal acetylenes is 2. The van der Waals surface area contributed by atoms with Gasteiger partial charge in [0.05, 0.1) is 11.4 Å². The number of benzene rings is 1. The van der Waals surface area contributed by atoms with Crippen LogP contribution >= 0.6 is 28.7 Å². The first-order valence-corrected chi connectivity index (χ1v) is 9.91. The van der Waals surface area contributed by atoms with Gasteiger partial charge in [-0.25, -0.2) is 4.79 Å². The Morgan fingerprint density at radius 1 is 1.43 bits per heavy atom. The summed E-state index contributed by atoms with van der Waals surface area (Å²) in [6, 6.07) is 4.86. The summed E-state index contributed by atoms with van der Waals surface area (Å²) in [5, 5.41) is 0.465. The van der Waals surface area contributed by atoms with Crippen LogP contribution in [0.3, 0.4) is 0 Å². The molecule has 1 aromatic heterocycles. The monoisotopic (exact) mass is 359 g/mol. The van der Waals surface area contributed by atoms with Gasteiger partial charge in [-0.15, -0.1) is 0 Å². The summed E-state index contributed by atoms with van der Waals surface area (Å²) in [6.45, 7) is 0. The fraction of sp³-hybridized carbons (Fsp3) is 0.0833. The summed E-state index contributed by atoms with van der Waals surface area (Å²) in [5.41, 5.74) is -1.98. The molecule has 0 spiro atoms. The second-order valence-electron chi connectivity index (χ2n) is 3.53. The van der Waals surface area contributed by atoms with Crippen LogP contribution < -0.4 is 5.76 Å². The van der Waals surface area contributed by atoms with Crippen molar-refractivity contribution in [3.63, 3.8) is 0 Å². The van der Waals surface area contributed by atoms with Gasteiger partial charge in [-0.05, 0) is 23.5 Å². The highest BCUT2D eigenvalue weighted by Crippen LogP contribution is 2.61. The Kier molecular flexibility index (Phi) is 4.92. The van der Waals surface area contributed by atoms with E-state index >= 15 is 0 Å². The van der Waals surface area contributed by atoms with Gasteiger partial charge < -0.3 is 13.5 Å². The zero-order valence-electron chi connectivity index (χ0n) is 10.3. The molecule has 0 saturated carbocycles. The van der Waals surface area contributed by atoms with Crippen molar-refractivity contribution >= 4 is 51.6 Å². The van der Waals surface area contributed by atoms with Crippen LogP contribution in [0.4, 0.5) is 0 Å². The Hall–Kier alpha value is -1.50. The highest BCUT2D eigenvalue weighted by Gasteiger charge is 2.23. The van der Waals surface area contributed by atoms with Crippen LogP contribution in [-0.4, -0.2) is 4.57 Å². The lowest BCUT2D eigenvalue weighted by Gasteiger charge is -2.14. The van der Waals surface area contributed by atoms with E-state index in [9.17, 15) is 4.79 Å². The minimum absolute atomic E-state index is 0.119. The Bertz CT molecular complexity index is 841. The maximum Gasteiger partial charge on any atom is 0.420 e. The molecule has 0 saturated heterocycles. The van der Waals surface area contributed by atoms with Crippen molar-refractivity contribution in [3.8, 4) is 25.1 Å². The molecular weight excluding hydrogens is 353 g/mol. The lowest BCUT2D eigenvalue weighted by atomic mass is 10.3. The van der Waals surface area contributed by atoms with Crippen molar-refractivity contribution in [1.82, 2.24) is 4.57 Å². The van der Waals surface area contributed by atoms with E-state index in [0.29, 0.717) is 16.1 Å². The van der Waals surface area contributed by atoms with Crippen LogP contribution in [-0.2, 0) is 26.7 Å². The molecule has 2 aromatic rings. The van der Waals surface area contributed by atoms with Gasteiger partial charge >= 0.3 is 11.4 Å². The third-order valence-electron chi connectivity index (χ3n) is 2.30. The fourth-order valence-electron chi connectivity index (χ4n) is 1.49. The van der Waals surface area contributed by atoms with E-state index in [1.165, 1.54) is 4.57 Å².